The monoisotopic (exact) mass is 312 g/mol. The van der Waals surface area contributed by atoms with Crippen LogP contribution in [-0.4, -0.2) is 4.83 Å². The molecule has 3 unspecified atom stereocenters. The number of alkyl halides is 1. The Hall–Kier alpha value is -0.370. The van der Waals surface area contributed by atoms with Gasteiger partial charge in [0.15, 0.2) is 0 Å². The molecule has 1 aliphatic carbocycles. The number of hydrogen-bond acceptors (Lipinski definition) is 0. The van der Waals surface area contributed by atoms with Gasteiger partial charge in [0.2, 0.25) is 0 Å². The van der Waals surface area contributed by atoms with Gasteiger partial charge in [-0.3, -0.25) is 0 Å². The van der Waals surface area contributed by atoms with Gasteiger partial charge in [-0.2, -0.15) is 0 Å². The smallest absolute Gasteiger partial charge is 0.123 e. The van der Waals surface area contributed by atoms with Crippen molar-refractivity contribution in [1.29, 1.82) is 0 Å². The summed E-state index contributed by atoms with van der Waals surface area (Å²) in [5.74, 6) is 1.47. The van der Waals surface area contributed by atoms with Gasteiger partial charge >= 0.3 is 0 Å². The summed E-state index contributed by atoms with van der Waals surface area (Å²) in [5.41, 5.74) is 1.27. The molecule has 1 aliphatic rings. The van der Waals surface area contributed by atoms with Crippen LogP contribution in [0.5, 0.6) is 0 Å². The van der Waals surface area contributed by atoms with Crippen LogP contribution in [0.1, 0.15) is 44.6 Å². The third-order valence-electron chi connectivity index (χ3n) is 4.11. The first-order chi connectivity index (χ1) is 8.69. The third kappa shape index (κ3) is 3.81. The molecule has 2 rings (SSSR count). The van der Waals surface area contributed by atoms with Gasteiger partial charge in [-0.15, -0.1) is 0 Å². The van der Waals surface area contributed by atoms with Crippen molar-refractivity contribution in [2.24, 2.45) is 11.8 Å². The molecule has 0 nitrogen and oxygen atoms in total. The summed E-state index contributed by atoms with van der Waals surface area (Å²) in [6.45, 7) is 2.27. The maximum absolute atomic E-state index is 12.9. The predicted molar refractivity (Wildman–Crippen MR) is 78.6 cm³/mol. The molecule has 18 heavy (non-hydrogen) atoms. The van der Waals surface area contributed by atoms with Crippen LogP contribution in [0.25, 0.3) is 0 Å². The average Bonchev–Trinajstić information content (AvgIpc) is 2.36. The normalized spacial score (nSPS) is 28.3. The number of benzene rings is 1. The third-order valence-corrected chi connectivity index (χ3v) is 5.31. The van der Waals surface area contributed by atoms with Crippen molar-refractivity contribution in [1.82, 2.24) is 0 Å². The lowest BCUT2D eigenvalue weighted by Gasteiger charge is -2.33. The van der Waals surface area contributed by atoms with E-state index in [0.29, 0.717) is 10.7 Å². The highest BCUT2D eigenvalue weighted by atomic mass is 79.9. The minimum absolute atomic E-state index is 0.137. The molecule has 0 amide bonds. The molecular weight excluding hydrogens is 291 g/mol. The van der Waals surface area contributed by atoms with E-state index >= 15 is 0 Å². The zero-order chi connectivity index (χ0) is 13.0. The van der Waals surface area contributed by atoms with Crippen molar-refractivity contribution >= 4 is 15.9 Å². The molecule has 0 aromatic heterocycles. The van der Waals surface area contributed by atoms with Gasteiger partial charge in [-0.1, -0.05) is 47.8 Å². The second-order valence-corrected chi connectivity index (χ2v) is 6.75. The molecule has 0 spiro atoms. The highest BCUT2D eigenvalue weighted by molar-refractivity contribution is 9.09. The molecule has 3 atom stereocenters. The fourth-order valence-corrected chi connectivity index (χ4v) is 3.80. The molecule has 1 saturated carbocycles. The molecule has 1 fully saturated rings. The topological polar surface area (TPSA) is 0 Å². The maximum Gasteiger partial charge on any atom is 0.123 e. The van der Waals surface area contributed by atoms with Crippen LogP contribution in [-0.2, 0) is 6.42 Å². The zero-order valence-electron chi connectivity index (χ0n) is 11.0. The quantitative estimate of drug-likeness (QED) is 0.658. The van der Waals surface area contributed by atoms with E-state index in [1.54, 1.807) is 12.1 Å². The summed E-state index contributed by atoms with van der Waals surface area (Å²) < 4.78 is 12.9. The first kappa shape index (κ1) is 14.0. The summed E-state index contributed by atoms with van der Waals surface area (Å²) in [5, 5.41) is 0. The lowest BCUT2D eigenvalue weighted by molar-refractivity contribution is 0.263. The van der Waals surface area contributed by atoms with Gasteiger partial charge < -0.3 is 0 Å². The molecule has 1 aromatic rings. The summed E-state index contributed by atoms with van der Waals surface area (Å²) in [7, 11) is 0. The number of rotatable bonds is 4. The fourth-order valence-electron chi connectivity index (χ4n) is 3.13. The Morgan fingerprint density at radius 1 is 1.22 bits per heavy atom. The number of halogens is 2. The van der Waals surface area contributed by atoms with E-state index in [1.165, 1.54) is 37.7 Å². The van der Waals surface area contributed by atoms with Crippen molar-refractivity contribution in [3.63, 3.8) is 0 Å². The molecule has 0 radical (unpaired) electrons. The molecule has 0 saturated heterocycles. The molecule has 100 valence electrons. The van der Waals surface area contributed by atoms with E-state index in [9.17, 15) is 4.39 Å². The van der Waals surface area contributed by atoms with Crippen LogP contribution in [0, 0.1) is 17.7 Å². The van der Waals surface area contributed by atoms with Crippen LogP contribution >= 0.6 is 15.9 Å². The van der Waals surface area contributed by atoms with Crippen LogP contribution in [0.3, 0.4) is 0 Å². The second kappa shape index (κ2) is 6.70. The number of hydrogen-bond donors (Lipinski definition) is 0. The Morgan fingerprint density at radius 2 is 1.94 bits per heavy atom. The fraction of sp³-hybridized carbons (Fsp3) is 0.625. The Bertz CT molecular complexity index is 360. The molecule has 0 aliphatic heterocycles. The van der Waals surface area contributed by atoms with E-state index in [4.69, 9.17) is 0 Å². The van der Waals surface area contributed by atoms with Crippen molar-refractivity contribution < 1.29 is 4.39 Å². The van der Waals surface area contributed by atoms with Crippen LogP contribution in [0.2, 0.25) is 0 Å². The summed E-state index contributed by atoms with van der Waals surface area (Å²) in [6, 6.07) is 7.01. The minimum atomic E-state index is -0.137. The van der Waals surface area contributed by atoms with Crippen molar-refractivity contribution in [3.05, 3.63) is 35.6 Å². The largest absolute Gasteiger partial charge is 0.207 e. The van der Waals surface area contributed by atoms with E-state index < -0.39 is 0 Å². The van der Waals surface area contributed by atoms with E-state index in [0.717, 1.165) is 12.3 Å². The molecular formula is C16H22BrF. The Morgan fingerprint density at radius 3 is 2.61 bits per heavy atom. The lowest BCUT2D eigenvalue weighted by Crippen LogP contribution is -2.26. The Kier molecular flexibility index (Phi) is 5.23. The van der Waals surface area contributed by atoms with Crippen molar-refractivity contribution in [2.75, 3.05) is 0 Å². The zero-order valence-corrected chi connectivity index (χ0v) is 12.6. The predicted octanol–water partition coefficient (Wildman–Crippen LogP) is 5.35. The van der Waals surface area contributed by atoms with Gasteiger partial charge in [-0.25, -0.2) is 4.39 Å². The van der Waals surface area contributed by atoms with Gasteiger partial charge in [0.1, 0.15) is 5.82 Å². The highest BCUT2D eigenvalue weighted by Gasteiger charge is 2.28. The maximum atomic E-state index is 12.9. The van der Waals surface area contributed by atoms with Crippen LogP contribution in [0.4, 0.5) is 4.39 Å². The van der Waals surface area contributed by atoms with Gasteiger partial charge in [0.25, 0.3) is 0 Å². The first-order valence-electron chi connectivity index (χ1n) is 7.07. The highest BCUT2D eigenvalue weighted by Crippen LogP contribution is 2.37. The molecule has 0 N–H and O–H groups in total. The molecule has 0 bridgehead atoms. The van der Waals surface area contributed by atoms with Gasteiger partial charge in [0.05, 0.1) is 0 Å². The van der Waals surface area contributed by atoms with Crippen LogP contribution < -0.4 is 0 Å². The minimum Gasteiger partial charge on any atom is -0.207 e. The average molecular weight is 313 g/mol. The van der Waals surface area contributed by atoms with Gasteiger partial charge in [0, 0.05) is 4.83 Å². The van der Waals surface area contributed by atoms with Gasteiger partial charge in [-0.05, 0) is 55.2 Å². The summed E-state index contributed by atoms with van der Waals surface area (Å²) >= 11 is 3.83. The molecule has 1 aromatic carbocycles. The second-order valence-electron chi connectivity index (χ2n) is 5.57. The SMILES string of the molecule is CCCC1CCC(Br)C(Cc2ccc(F)cc2)C1. The first-order valence-corrected chi connectivity index (χ1v) is 7.99. The Balaban J connectivity index is 1.95. The van der Waals surface area contributed by atoms with Crippen LogP contribution in [0.15, 0.2) is 24.3 Å². The van der Waals surface area contributed by atoms with Crippen molar-refractivity contribution in [3.8, 4) is 0 Å². The molecule has 2 heteroatoms. The van der Waals surface area contributed by atoms with E-state index in [2.05, 4.69) is 22.9 Å². The summed E-state index contributed by atoms with van der Waals surface area (Å²) in [4.78, 5) is 0.635. The van der Waals surface area contributed by atoms with E-state index in [1.807, 2.05) is 12.1 Å². The summed E-state index contributed by atoms with van der Waals surface area (Å²) in [6.07, 6.45) is 7.71. The Labute approximate surface area is 118 Å². The lowest BCUT2D eigenvalue weighted by atomic mass is 9.77. The molecule has 0 heterocycles. The van der Waals surface area contributed by atoms with Crippen molar-refractivity contribution in [2.45, 2.75) is 50.3 Å². The van der Waals surface area contributed by atoms with E-state index in [-0.39, 0.29) is 5.82 Å². The standard InChI is InChI=1S/C16H22BrF/c1-2-3-12-6-9-16(17)14(10-12)11-13-4-7-15(18)8-5-13/h4-5,7-8,12,14,16H,2-3,6,9-11H2,1H3.